The topological polar surface area (TPSA) is 141 Å². The van der Waals surface area contributed by atoms with Crippen molar-refractivity contribution < 1.29 is 27.4 Å². The van der Waals surface area contributed by atoms with Crippen LogP contribution in [0.4, 0.5) is 5.69 Å². The number of aromatic hydroxyl groups is 1. The summed E-state index contributed by atoms with van der Waals surface area (Å²) in [6.07, 6.45) is 0.641. The van der Waals surface area contributed by atoms with E-state index < -0.39 is 10.4 Å². The van der Waals surface area contributed by atoms with Gasteiger partial charge >= 0.3 is 10.4 Å². The summed E-state index contributed by atoms with van der Waals surface area (Å²) in [5.74, 6) is 0.118. The number of phenols is 1. The molecule has 0 radical (unpaired) electrons. The van der Waals surface area contributed by atoms with Crippen LogP contribution in [0.1, 0.15) is 35.6 Å². The molecule has 0 bridgehead atoms. The minimum absolute atomic E-state index is 0.0320. The molecule has 0 amide bonds. The van der Waals surface area contributed by atoms with Crippen LogP contribution in [-0.4, -0.2) is 36.9 Å². The molecular formula is C25H27N3O6S. The Bertz CT molecular complexity index is 1320. The van der Waals surface area contributed by atoms with Gasteiger partial charge in [0.1, 0.15) is 18.2 Å². The molecule has 0 fully saturated rings. The lowest BCUT2D eigenvalue weighted by Crippen LogP contribution is -2.06. The van der Waals surface area contributed by atoms with Gasteiger partial charge in [0, 0.05) is 5.56 Å². The van der Waals surface area contributed by atoms with E-state index in [0.717, 1.165) is 27.8 Å². The molecule has 0 saturated heterocycles. The van der Waals surface area contributed by atoms with Crippen LogP contribution in [0, 0.1) is 0 Å². The quantitative estimate of drug-likeness (QED) is 0.181. The molecular weight excluding hydrogens is 470 g/mol. The monoisotopic (exact) mass is 497 g/mol. The van der Waals surface area contributed by atoms with Gasteiger partial charge in [0.25, 0.3) is 0 Å². The fourth-order valence-corrected chi connectivity index (χ4v) is 3.98. The minimum atomic E-state index is -4.64. The number of hydrogen-bond donors (Lipinski definition) is 4. The van der Waals surface area contributed by atoms with Gasteiger partial charge in [0.05, 0.1) is 12.3 Å². The highest BCUT2D eigenvalue weighted by atomic mass is 32.3. The maximum atomic E-state index is 11.1. The summed E-state index contributed by atoms with van der Waals surface area (Å²) in [7, 11) is -2.89. The number of phenolic OH excluding ortho intramolecular Hbond substituents is 1. The first-order valence-corrected chi connectivity index (χ1v) is 12.2. The van der Waals surface area contributed by atoms with E-state index in [2.05, 4.69) is 19.7 Å². The Balaban J connectivity index is 2.22. The number of hydrogen-bond acceptors (Lipinski definition) is 8. The Morgan fingerprint density at radius 2 is 1.60 bits per heavy atom. The summed E-state index contributed by atoms with van der Waals surface area (Å²) in [6.45, 7) is 2.13. The molecule has 0 aliphatic heterocycles. The highest BCUT2D eigenvalue weighted by Gasteiger charge is 2.16. The van der Waals surface area contributed by atoms with Gasteiger partial charge in [-0.25, -0.2) is 0 Å². The summed E-state index contributed by atoms with van der Waals surface area (Å²) in [4.78, 5) is 0. The van der Waals surface area contributed by atoms with E-state index in [9.17, 15) is 18.6 Å². The summed E-state index contributed by atoms with van der Waals surface area (Å²) in [6, 6.07) is 18.6. The standard InChI is InChI=1S/C25H27N3O6S/c1-3-23(17-6-10-21(30)11-7-17)25(18-8-12-22(13-9-18)34-35(31,32)33)19-4-5-20(15-29)24(14-19)28-27-16-26-2/h4-14,26,29-30H,3,15-16H2,1-2H3,(H,31,32,33)/b25-23+,28-27?. The zero-order valence-corrected chi connectivity index (χ0v) is 20.2. The highest BCUT2D eigenvalue weighted by molar-refractivity contribution is 7.81. The summed E-state index contributed by atoms with van der Waals surface area (Å²) in [5, 5.41) is 30.8. The van der Waals surface area contributed by atoms with Gasteiger partial charge in [-0.1, -0.05) is 43.3 Å². The highest BCUT2D eigenvalue weighted by Crippen LogP contribution is 2.37. The number of nitrogens with one attached hydrogen (secondary N) is 1. The molecule has 0 heterocycles. The van der Waals surface area contributed by atoms with E-state index in [1.54, 1.807) is 37.4 Å². The van der Waals surface area contributed by atoms with E-state index in [0.29, 0.717) is 24.3 Å². The van der Waals surface area contributed by atoms with Crippen molar-refractivity contribution in [3.8, 4) is 11.5 Å². The van der Waals surface area contributed by atoms with Gasteiger partial charge in [-0.15, -0.1) is 0 Å². The summed E-state index contributed by atoms with van der Waals surface area (Å²) in [5.41, 5.74) is 5.39. The van der Waals surface area contributed by atoms with Crippen molar-refractivity contribution in [1.29, 1.82) is 0 Å². The molecule has 0 atom stereocenters. The molecule has 0 aromatic heterocycles. The Morgan fingerprint density at radius 1 is 0.971 bits per heavy atom. The van der Waals surface area contributed by atoms with E-state index in [4.69, 9.17) is 4.55 Å². The van der Waals surface area contributed by atoms with E-state index in [-0.39, 0.29) is 18.1 Å². The molecule has 0 saturated carbocycles. The zero-order valence-electron chi connectivity index (χ0n) is 19.3. The fraction of sp³-hybridized carbons (Fsp3) is 0.200. The van der Waals surface area contributed by atoms with Crippen molar-refractivity contribution in [2.24, 2.45) is 10.2 Å². The van der Waals surface area contributed by atoms with Gasteiger partial charge < -0.3 is 14.4 Å². The van der Waals surface area contributed by atoms with Crippen molar-refractivity contribution >= 4 is 27.2 Å². The third-order valence-electron chi connectivity index (χ3n) is 5.17. The lowest BCUT2D eigenvalue weighted by Gasteiger charge is -2.18. The van der Waals surface area contributed by atoms with Crippen molar-refractivity contribution in [2.45, 2.75) is 20.0 Å². The molecule has 0 unspecified atom stereocenters. The average molecular weight is 498 g/mol. The van der Waals surface area contributed by atoms with Crippen LogP contribution in [0.25, 0.3) is 11.1 Å². The molecule has 3 rings (SSSR count). The molecule has 0 aliphatic rings. The van der Waals surface area contributed by atoms with Gasteiger partial charge in [0.15, 0.2) is 0 Å². The second-order valence-corrected chi connectivity index (χ2v) is 8.57. The number of benzene rings is 3. The van der Waals surface area contributed by atoms with Crippen LogP contribution in [0.3, 0.4) is 0 Å². The number of rotatable bonds is 10. The predicted octanol–water partition coefficient (Wildman–Crippen LogP) is 4.70. The fourth-order valence-electron chi connectivity index (χ4n) is 3.63. The molecule has 184 valence electrons. The Kier molecular flexibility index (Phi) is 8.72. The number of aliphatic hydroxyl groups is 1. The van der Waals surface area contributed by atoms with E-state index in [1.165, 1.54) is 12.1 Å². The second-order valence-electron chi connectivity index (χ2n) is 7.54. The van der Waals surface area contributed by atoms with Crippen LogP contribution in [0.2, 0.25) is 0 Å². The first-order valence-electron chi connectivity index (χ1n) is 10.8. The molecule has 3 aromatic carbocycles. The normalized spacial score (nSPS) is 12.6. The molecule has 4 N–H and O–H groups in total. The molecule has 10 heteroatoms. The maximum absolute atomic E-state index is 11.1. The lowest BCUT2D eigenvalue weighted by atomic mass is 9.87. The molecule has 3 aromatic rings. The number of nitrogens with zero attached hydrogens (tertiary/aromatic N) is 2. The Morgan fingerprint density at radius 3 is 2.17 bits per heavy atom. The molecule has 35 heavy (non-hydrogen) atoms. The molecule has 0 spiro atoms. The van der Waals surface area contributed by atoms with Crippen LogP contribution in [0.5, 0.6) is 11.5 Å². The largest absolute Gasteiger partial charge is 0.508 e. The number of aliphatic hydroxyl groups excluding tert-OH is 1. The average Bonchev–Trinajstić information content (AvgIpc) is 2.83. The van der Waals surface area contributed by atoms with Gasteiger partial charge in [0.2, 0.25) is 0 Å². The van der Waals surface area contributed by atoms with Gasteiger partial charge in [-0.2, -0.15) is 18.6 Å². The maximum Gasteiger partial charge on any atom is 0.446 e. The van der Waals surface area contributed by atoms with Crippen LogP contribution in [0.15, 0.2) is 77.0 Å². The van der Waals surface area contributed by atoms with Crippen molar-refractivity contribution in [2.75, 3.05) is 13.7 Å². The van der Waals surface area contributed by atoms with Crippen molar-refractivity contribution in [3.63, 3.8) is 0 Å². The van der Waals surface area contributed by atoms with E-state index in [1.807, 2.05) is 31.2 Å². The van der Waals surface area contributed by atoms with Gasteiger partial charge in [-0.3, -0.25) is 9.87 Å². The van der Waals surface area contributed by atoms with Crippen molar-refractivity contribution in [1.82, 2.24) is 5.32 Å². The summed E-state index contributed by atoms with van der Waals surface area (Å²) >= 11 is 0. The Hall–Kier alpha value is -3.57. The number of allylic oxidation sites excluding steroid dienone is 1. The number of azo groups is 1. The lowest BCUT2D eigenvalue weighted by molar-refractivity contribution is 0.282. The Labute approximate surface area is 204 Å². The summed E-state index contributed by atoms with van der Waals surface area (Å²) < 4.78 is 35.7. The van der Waals surface area contributed by atoms with Crippen LogP contribution >= 0.6 is 0 Å². The van der Waals surface area contributed by atoms with Crippen molar-refractivity contribution in [3.05, 3.63) is 89.0 Å². The predicted molar refractivity (Wildman–Crippen MR) is 134 cm³/mol. The zero-order chi connectivity index (χ0) is 25.4. The minimum Gasteiger partial charge on any atom is -0.508 e. The van der Waals surface area contributed by atoms with Crippen LogP contribution < -0.4 is 9.50 Å². The van der Waals surface area contributed by atoms with Crippen LogP contribution in [-0.2, 0) is 17.0 Å². The smallest absolute Gasteiger partial charge is 0.446 e. The molecule has 9 nitrogen and oxygen atoms in total. The second kappa shape index (κ2) is 11.7. The third-order valence-corrected chi connectivity index (χ3v) is 5.57. The van der Waals surface area contributed by atoms with Gasteiger partial charge in [-0.05, 0) is 71.6 Å². The molecule has 0 aliphatic carbocycles. The van der Waals surface area contributed by atoms with E-state index >= 15 is 0 Å². The SMILES string of the molecule is CC/C(=C(/c1ccc(OS(=O)(=O)O)cc1)c1ccc(CO)c(N=NCNC)c1)c1ccc(O)cc1. The first-order chi connectivity index (χ1) is 16.8. The first kappa shape index (κ1) is 26.0. The third kappa shape index (κ3) is 6.96.